The maximum absolute atomic E-state index is 12.4. The Balaban J connectivity index is 2.09. The van der Waals surface area contributed by atoms with Crippen molar-refractivity contribution in [3.63, 3.8) is 0 Å². The van der Waals surface area contributed by atoms with Gasteiger partial charge < -0.3 is 4.90 Å². The maximum atomic E-state index is 12.4. The Labute approximate surface area is 141 Å². The molecule has 0 unspecified atom stereocenters. The van der Waals surface area contributed by atoms with Crippen LogP contribution in [0.1, 0.15) is 15.9 Å². The molecule has 2 aromatic rings. The Morgan fingerprint density at radius 1 is 1.38 bits per heavy atom. The monoisotopic (exact) mass is 346 g/mol. The van der Waals surface area contributed by atoms with Gasteiger partial charge >= 0.3 is 0 Å². The minimum absolute atomic E-state index is 0.0595. The number of rotatable bonds is 6. The summed E-state index contributed by atoms with van der Waals surface area (Å²) < 4.78 is 27.8. The fourth-order valence-corrected chi connectivity index (χ4v) is 3.05. The Bertz CT molecular complexity index is 863. The van der Waals surface area contributed by atoms with Crippen molar-refractivity contribution in [1.82, 2.24) is 19.4 Å². The van der Waals surface area contributed by atoms with Crippen molar-refractivity contribution in [2.45, 2.75) is 11.4 Å². The van der Waals surface area contributed by atoms with Crippen LogP contribution in [0.25, 0.3) is 0 Å². The van der Waals surface area contributed by atoms with Crippen LogP contribution in [0.2, 0.25) is 0 Å². The lowest BCUT2D eigenvalue weighted by atomic mass is 10.2. The predicted molar refractivity (Wildman–Crippen MR) is 89.5 cm³/mol. The van der Waals surface area contributed by atoms with Crippen LogP contribution in [0.15, 0.2) is 41.6 Å². The molecule has 0 atom stereocenters. The van der Waals surface area contributed by atoms with E-state index in [4.69, 9.17) is 6.42 Å². The lowest BCUT2D eigenvalue weighted by molar-refractivity contribution is 0.0785. The van der Waals surface area contributed by atoms with Crippen LogP contribution in [0, 0.1) is 12.3 Å². The number of carbonyl (C=O) groups excluding carboxylic acids is 1. The highest BCUT2D eigenvalue weighted by atomic mass is 32.2. The average molecular weight is 346 g/mol. The van der Waals surface area contributed by atoms with Gasteiger partial charge in [-0.1, -0.05) is 5.92 Å². The van der Waals surface area contributed by atoms with Gasteiger partial charge in [-0.25, -0.2) is 8.42 Å². The molecule has 0 bridgehead atoms. The molecule has 0 aliphatic heterocycles. The van der Waals surface area contributed by atoms with Gasteiger partial charge in [-0.05, 0) is 24.3 Å². The van der Waals surface area contributed by atoms with Crippen molar-refractivity contribution in [3.05, 3.63) is 47.8 Å². The van der Waals surface area contributed by atoms with Gasteiger partial charge in [0.05, 0.1) is 17.6 Å². The maximum Gasteiger partial charge on any atom is 0.253 e. The molecule has 24 heavy (non-hydrogen) atoms. The fraction of sp³-hybridized carbons (Fsp3) is 0.250. The molecule has 0 saturated heterocycles. The lowest BCUT2D eigenvalue weighted by Gasteiger charge is -2.16. The van der Waals surface area contributed by atoms with Crippen LogP contribution in [0.5, 0.6) is 0 Å². The molecule has 0 saturated carbocycles. The summed E-state index contributed by atoms with van der Waals surface area (Å²) >= 11 is 0. The first-order chi connectivity index (χ1) is 11.3. The van der Waals surface area contributed by atoms with Gasteiger partial charge in [0.15, 0.2) is 0 Å². The largest absolute Gasteiger partial charge is 0.337 e. The molecule has 1 aromatic heterocycles. The number of hydrogen-bond donors (Lipinski definition) is 1. The number of aryl methyl sites for hydroxylation is 1. The van der Waals surface area contributed by atoms with Gasteiger partial charge in [0.1, 0.15) is 0 Å². The van der Waals surface area contributed by atoms with Crippen LogP contribution >= 0.6 is 0 Å². The second-order valence-electron chi connectivity index (χ2n) is 5.24. The summed E-state index contributed by atoms with van der Waals surface area (Å²) in [5.41, 5.74) is 1.31. The molecule has 0 aliphatic carbocycles. The zero-order valence-electron chi connectivity index (χ0n) is 13.4. The van der Waals surface area contributed by atoms with Crippen molar-refractivity contribution in [1.29, 1.82) is 0 Å². The third-order valence-electron chi connectivity index (χ3n) is 3.30. The van der Waals surface area contributed by atoms with E-state index in [1.807, 2.05) is 6.20 Å². The molecule has 0 fully saturated rings. The summed E-state index contributed by atoms with van der Waals surface area (Å²) in [6.07, 6.45) is 8.56. The number of sulfonamides is 1. The molecule has 8 heteroatoms. The summed E-state index contributed by atoms with van der Waals surface area (Å²) in [5.74, 6) is 2.00. The normalized spacial score (nSPS) is 11.0. The standard InChI is InChI=1S/C16H18N4O3S/c1-4-9-18-24(22,23)15-7-5-14(6-8-15)16(21)19(2)11-13-10-17-20(3)12-13/h1,5-8,10,12,18H,9,11H2,2-3H3. The van der Waals surface area contributed by atoms with Gasteiger partial charge in [0.25, 0.3) is 5.91 Å². The number of benzene rings is 1. The molecule has 1 heterocycles. The Kier molecular flexibility index (Phi) is 5.39. The highest BCUT2D eigenvalue weighted by molar-refractivity contribution is 7.89. The number of amides is 1. The highest BCUT2D eigenvalue weighted by Gasteiger charge is 2.16. The highest BCUT2D eigenvalue weighted by Crippen LogP contribution is 2.13. The second kappa shape index (κ2) is 7.29. The summed E-state index contributed by atoms with van der Waals surface area (Å²) in [6.45, 7) is 0.327. The predicted octanol–water partition coefficient (Wildman–Crippen LogP) is 0.604. The van der Waals surface area contributed by atoms with E-state index in [0.717, 1.165) is 5.56 Å². The number of terminal acetylenes is 1. The summed E-state index contributed by atoms with van der Waals surface area (Å²) in [6, 6.07) is 5.72. The van der Waals surface area contributed by atoms with E-state index in [1.165, 1.54) is 29.2 Å². The van der Waals surface area contributed by atoms with E-state index < -0.39 is 10.0 Å². The van der Waals surface area contributed by atoms with Crippen molar-refractivity contribution < 1.29 is 13.2 Å². The van der Waals surface area contributed by atoms with E-state index in [2.05, 4.69) is 15.7 Å². The summed E-state index contributed by atoms with van der Waals surface area (Å²) in [4.78, 5) is 14.0. The Morgan fingerprint density at radius 2 is 2.04 bits per heavy atom. The van der Waals surface area contributed by atoms with Crippen molar-refractivity contribution in [2.75, 3.05) is 13.6 Å². The molecule has 1 aromatic carbocycles. The van der Waals surface area contributed by atoms with Crippen LogP contribution < -0.4 is 4.72 Å². The zero-order valence-corrected chi connectivity index (χ0v) is 14.2. The molecular weight excluding hydrogens is 328 g/mol. The second-order valence-corrected chi connectivity index (χ2v) is 7.00. The quantitative estimate of drug-likeness (QED) is 0.777. The topological polar surface area (TPSA) is 84.3 Å². The van der Waals surface area contributed by atoms with Gasteiger partial charge in [0.2, 0.25) is 10.0 Å². The van der Waals surface area contributed by atoms with E-state index in [1.54, 1.807) is 25.0 Å². The molecule has 0 radical (unpaired) electrons. The minimum atomic E-state index is -3.66. The lowest BCUT2D eigenvalue weighted by Crippen LogP contribution is -2.26. The first kappa shape index (κ1) is 17.7. The van der Waals surface area contributed by atoms with E-state index in [-0.39, 0.29) is 17.3 Å². The van der Waals surface area contributed by atoms with Crippen molar-refractivity contribution in [3.8, 4) is 12.3 Å². The van der Waals surface area contributed by atoms with Crippen molar-refractivity contribution in [2.24, 2.45) is 7.05 Å². The SMILES string of the molecule is C#CCNS(=O)(=O)c1ccc(C(=O)N(C)Cc2cnn(C)c2)cc1. The van der Waals surface area contributed by atoms with Gasteiger partial charge in [-0.3, -0.25) is 9.48 Å². The molecule has 2 rings (SSSR count). The minimum Gasteiger partial charge on any atom is -0.337 e. The van der Waals surface area contributed by atoms with Crippen LogP contribution in [-0.2, 0) is 23.6 Å². The third-order valence-corrected chi connectivity index (χ3v) is 4.72. The summed E-state index contributed by atoms with van der Waals surface area (Å²) in [5, 5.41) is 4.06. The van der Waals surface area contributed by atoms with Crippen LogP contribution in [0.4, 0.5) is 0 Å². The molecule has 0 aliphatic rings. The smallest absolute Gasteiger partial charge is 0.253 e. The molecule has 126 valence electrons. The number of aromatic nitrogens is 2. The molecular formula is C16H18N4O3S. The van der Waals surface area contributed by atoms with Gasteiger partial charge in [0, 0.05) is 38.0 Å². The first-order valence-corrected chi connectivity index (χ1v) is 8.58. The molecule has 1 N–H and O–H groups in total. The Morgan fingerprint density at radius 3 is 2.58 bits per heavy atom. The fourth-order valence-electron chi connectivity index (χ4n) is 2.12. The average Bonchev–Trinajstić information content (AvgIpc) is 2.97. The van der Waals surface area contributed by atoms with E-state index in [0.29, 0.717) is 12.1 Å². The molecule has 0 spiro atoms. The van der Waals surface area contributed by atoms with Gasteiger partial charge in [-0.15, -0.1) is 6.42 Å². The van der Waals surface area contributed by atoms with E-state index >= 15 is 0 Å². The Hall–Kier alpha value is -2.63. The zero-order chi connectivity index (χ0) is 17.7. The first-order valence-electron chi connectivity index (χ1n) is 7.09. The van der Waals surface area contributed by atoms with Gasteiger partial charge in [-0.2, -0.15) is 9.82 Å². The van der Waals surface area contributed by atoms with E-state index in [9.17, 15) is 13.2 Å². The summed E-state index contributed by atoms with van der Waals surface area (Å²) in [7, 11) is -0.180. The number of hydrogen-bond acceptors (Lipinski definition) is 4. The van der Waals surface area contributed by atoms with Crippen LogP contribution in [-0.4, -0.2) is 42.6 Å². The van der Waals surface area contributed by atoms with Crippen LogP contribution in [0.3, 0.4) is 0 Å². The molecule has 1 amide bonds. The van der Waals surface area contributed by atoms with Crippen molar-refractivity contribution >= 4 is 15.9 Å². The number of nitrogens with one attached hydrogen (secondary N) is 1. The molecule has 7 nitrogen and oxygen atoms in total. The number of carbonyl (C=O) groups is 1. The number of nitrogens with zero attached hydrogens (tertiary/aromatic N) is 3. The third kappa shape index (κ3) is 4.22.